The Labute approximate surface area is 117 Å². The van der Waals surface area contributed by atoms with Crippen LogP contribution < -0.4 is 4.74 Å². The molecule has 1 aliphatic carbocycles. The lowest BCUT2D eigenvalue weighted by atomic mass is 9.79. The zero-order valence-electron chi connectivity index (χ0n) is 11.3. The first-order valence-electron chi connectivity index (χ1n) is 6.55. The van der Waals surface area contributed by atoms with E-state index in [0.29, 0.717) is 6.42 Å². The van der Waals surface area contributed by atoms with Gasteiger partial charge in [-0.05, 0) is 60.0 Å². The van der Waals surface area contributed by atoms with E-state index in [1.807, 2.05) is 6.07 Å². The second-order valence-electron chi connectivity index (χ2n) is 5.28. The molecular formula is C16H18O2S. The van der Waals surface area contributed by atoms with Gasteiger partial charge in [0, 0.05) is 11.3 Å². The van der Waals surface area contributed by atoms with Crippen LogP contribution in [0.2, 0.25) is 0 Å². The van der Waals surface area contributed by atoms with Crippen LogP contribution in [-0.2, 0) is 18.4 Å². The standard InChI is InChI=1S/C16H18O2S/c1-11-6-8-19-15(11)16(17)7-5-12-3-4-14(18-2)9-13(12)10-16/h3-4,6,8-9,17H,5,7,10H2,1-2H3. The molecule has 0 spiro atoms. The Morgan fingerprint density at radius 3 is 2.79 bits per heavy atom. The Balaban J connectivity index is 1.99. The second kappa shape index (κ2) is 4.66. The molecule has 0 bridgehead atoms. The molecule has 0 aliphatic heterocycles. The zero-order chi connectivity index (χ0) is 13.5. The molecule has 0 saturated heterocycles. The highest BCUT2D eigenvalue weighted by atomic mass is 32.1. The number of aliphatic hydroxyl groups is 1. The summed E-state index contributed by atoms with van der Waals surface area (Å²) < 4.78 is 5.28. The first-order valence-corrected chi connectivity index (χ1v) is 7.43. The summed E-state index contributed by atoms with van der Waals surface area (Å²) in [5, 5.41) is 13.1. The van der Waals surface area contributed by atoms with E-state index in [0.717, 1.165) is 23.5 Å². The Morgan fingerprint density at radius 1 is 1.26 bits per heavy atom. The van der Waals surface area contributed by atoms with Crippen molar-refractivity contribution in [1.29, 1.82) is 0 Å². The monoisotopic (exact) mass is 274 g/mol. The van der Waals surface area contributed by atoms with E-state index in [1.165, 1.54) is 16.7 Å². The molecule has 3 rings (SSSR count). The minimum atomic E-state index is -0.711. The molecule has 1 aromatic heterocycles. The first kappa shape index (κ1) is 12.7. The molecule has 1 atom stereocenters. The molecule has 2 nitrogen and oxygen atoms in total. The van der Waals surface area contributed by atoms with Crippen molar-refractivity contribution in [3.05, 3.63) is 51.2 Å². The minimum absolute atomic E-state index is 0.681. The predicted octanol–water partition coefficient (Wildman–Crippen LogP) is 3.44. The maximum Gasteiger partial charge on any atom is 0.119 e. The highest BCUT2D eigenvalue weighted by molar-refractivity contribution is 7.10. The lowest BCUT2D eigenvalue weighted by molar-refractivity contribution is 0.0253. The molecule has 1 unspecified atom stereocenters. The van der Waals surface area contributed by atoms with Gasteiger partial charge in [-0.3, -0.25) is 0 Å². The molecule has 0 amide bonds. The summed E-state index contributed by atoms with van der Waals surface area (Å²) in [5.41, 5.74) is 3.02. The minimum Gasteiger partial charge on any atom is -0.497 e. The van der Waals surface area contributed by atoms with Gasteiger partial charge in [0.25, 0.3) is 0 Å². The smallest absolute Gasteiger partial charge is 0.119 e. The average Bonchev–Trinajstić information content (AvgIpc) is 2.85. The predicted molar refractivity (Wildman–Crippen MR) is 78.0 cm³/mol. The van der Waals surface area contributed by atoms with Gasteiger partial charge in [-0.15, -0.1) is 11.3 Å². The van der Waals surface area contributed by atoms with Gasteiger partial charge in [0.2, 0.25) is 0 Å². The first-order chi connectivity index (χ1) is 9.12. The van der Waals surface area contributed by atoms with Gasteiger partial charge < -0.3 is 9.84 Å². The molecule has 0 radical (unpaired) electrons. The molecule has 3 heteroatoms. The summed E-state index contributed by atoms with van der Waals surface area (Å²) in [6, 6.07) is 8.26. The summed E-state index contributed by atoms with van der Waals surface area (Å²) in [7, 11) is 1.68. The fourth-order valence-corrected chi connectivity index (χ4v) is 3.98. The molecule has 0 fully saturated rings. The van der Waals surface area contributed by atoms with Gasteiger partial charge in [-0.25, -0.2) is 0 Å². The van der Waals surface area contributed by atoms with Gasteiger partial charge in [0.1, 0.15) is 11.4 Å². The van der Waals surface area contributed by atoms with Gasteiger partial charge >= 0.3 is 0 Å². The lowest BCUT2D eigenvalue weighted by Crippen LogP contribution is -2.32. The van der Waals surface area contributed by atoms with E-state index >= 15 is 0 Å². The molecule has 1 aromatic carbocycles. The topological polar surface area (TPSA) is 29.5 Å². The van der Waals surface area contributed by atoms with E-state index in [-0.39, 0.29) is 0 Å². The van der Waals surface area contributed by atoms with Crippen molar-refractivity contribution in [2.45, 2.75) is 31.8 Å². The number of rotatable bonds is 2. The maximum atomic E-state index is 11.0. The van der Waals surface area contributed by atoms with Crippen LogP contribution >= 0.6 is 11.3 Å². The number of hydrogen-bond donors (Lipinski definition) is 1. The Hall–Kier alpha value is -1.32. The molecule has 2 aromatic rings. The number of thiophene rings is 1. The van der Waals surface area contributed by atoms with Gasteiger partial charge in [-0.2, -0.15) is 0 Å². The third-order valence-electron chi connectivity index (χ3n) is 3.99. The van der Waals surface area contributed by atoms with Crippen molar-refractivity contribution in [3.8, 4) is 5.75 Å². The second-order valence-corrected chi connectivity index (χ2v) is 6.19. The third-order valence-corrected chi connectivity index (χ3v) is 5.20. The number of benzene rings is 1. The number of methoxy groups -OCH3 is 1. The molecular weight excluding hydrogens is 256 g/mol. The van der Waals surface area contributed by atoms with Gasteiger partial charge in [0.15, 0.2) is 0 Å². The van der Waals surface area contributed by atoms with Crippen molar-refractivity contribution < 1.29 is 9.84 Å². The molecule has 1 N–H and O–H groups in total. The highest BCUT2D eigenvalue weighted by Gasteiger charge is 2.36. The van der Waals surface area contributed by atoms with Crippen molar-refractivity contribution in [2.24, 2.45) is 0 Å². The van der Waals surface area contributed by atoms with E-state index in [4.69, 9.17) is 4.74 Å². The van der Waals surface area contributed by atoms with Crippen LogP contribution in [0.25, 0.3) is 0 Å². The van der Waals surface area contributed by atoms with Crippen molar-refractivity contribution >= 4 is 11.3 Å². The van der Waals surface area contributed by atoms with E-state index in [2.05, 4.69) is 30.5 Å². The Morgan fingerprint density at radius 2 is 2.11 bits per heavy atom. The highest BCUT2D eigenvalue weighted by Crippen LogP contribution is 2.40. The lowest BCUT2D eigenvalue weighted by Gasteiger charge is -2.33. The zero-order valence-corrected chi connectivity index (χ0v) is 12.1. The van der Waals surface area contributed by atoms with Crippen LogP contribution in [0, 0.1) is 6.92 Å². The van der Waals surface area contributed by atoms with Crippen LogP contribution in [0.1, 0.15) is 28.0 Å². The molecule has 100 valence electrons. The van der Waals surface area contributed by atoms with Crippen LogP contribution in [0.3, 0.4) is 0 Å². The number of aryl methyl sites for hydroxylation is 2. The molecule has 0 saturated carbocycles. The molecule has 1 heterocycles. The average molecular weight is 274 g/mol. The largest absolute Gasteiger partial charge is 0.497 e. The third kappa shape index (κ3) is 2.17. The van der Waals surface area contributed by atoms with Crippen LogP contribution in [0.4, 0.5) is 0 Å². The van der Waals surface area contributed by atoms with Gasteiger partial charge in [-0.1, -0.05) is 6.07 Å². The van der Waals surface area contributed by atoms with Crippen molar-refractivity contribution in [2.75, 3.05) is 7.11 Å². The van der Waals surface area contributed by atoms with Crippen LogP contribution in [0.5, 0.6) is 5.75 Å². The summed E-state index contributed by atoms with van der Waals surface area (Å²) in [5.74, 6) is 0.867. The Kier molecular flexibility index (Phi) is 3.11. The number of fused-ring (bicyclic) bond motifs is 1. The summed E-state index contributed by atoms with van der Waals surface area (Å²) >= 11 is 1.66. The van der Waals surface area contributed by atoms with Crippen molar-refractivity contribution in [3.63, 3.8) is 0 Å². The number of hydrogen-bond acceptors (Lipinski definition) is 3. The summed E-state index contributed by atoms with van der Waals surface area (Å²) in [4.78, 5) is 1.11. The Bertz CT molecular complexity index is 603. The van der Waals surface area contributed by atoms with Crippen molar-refractivity contribution in [1.82, 2.24) is 0 Å². The fourth-order valence-electron chi connectivity index (χ4n) is 2.93. The maximum absolute atomic E-state index is 11.0. The summed E-state index contributed by atoms with van der Waals surface area (Å²) in [6.07, 6.45) is 2.40. The van der Waals surface area contributed by atoms with E-state index in [9.17, 15) is 5.11 Å². The normalized spacial score (nSPS) is 22.1. The van der Waals surface area contributed by atoms with Gasteiger partial charge in [0.05, 0.1) is 7.11 Å². The molecule has 19 heavy (non-hydrogen) atoms. The summed E-state index contributed by atoms with van der Waals surface area (Å²) in [6.45, 7) is 2.07. The van der Waals surface area contributed by atoms with E-state index in [1.54, 1.807) is 18.4 Å². The van der Waals surface area contributed by atoms with Crippen LogP contribution in [0.15, 0.2) is 29.6 Å². The fraction of sp³-hybridized carbons (Fsp3) is 0.375. The molecule has 1 aliphatic rings. The van der Waals surface area contributed by atoms with E-state index < -0.39 is 5.60 Å². The SMILES string of the molecule is COc1ccc2c(c1)CC(O)(c1sccc1C)CC2. The van der Waals surface area contributed by atoms with Crippen LogP contribution in [-0.4, -0.2) is 12.2 Å². The number of ether oxygens (including phenoxy) is 1. The quantitative estimate of drug-likeness (QED) is 0.909.